The number of pyridine rings is 1. The van der Waals surface area contributed by atoms with Crippen LogP contribution in [0.3, 0.4) is 0 Å². The van der Waals surface area contributed by atoms with Gasteiger partial charge in [0.2, 0.25) is 5.95 Å². The van der Waals surface area contributed by atoms with Crippen LogP contribution >= 0.6 is 0 Å². The third-order valence-corrected chi connectivity index (χ3v) is 3.42. The fraction of sp³-hybridized carbons (Fsp3) is 0.176. The summed E-state index contributed by atoms with van der Waals surface area (Å²) in [4.78, 5) is 10.5. The third-order valence-electron chi connectivity index (χ3n) is 3.42. The average molecular weight is 306 g/mol. The van der Waals surface area contributed by atoms with Crippen LogP contribution in [-0.2, 0) is 6.42 Å². The molecule has 0 aliphatic rings. The molecule has 1 aromatic carbocycles. The number of likely N-dealkylation sites (N-methyl/N-ethyl adjacent to an activating group) is 1. The number of aromatic nitrogens is 4. The lowest BCUT2D eigenvalue weighted by Gasteiger charge is -2.17. The number of rotatable bonds is 6. The molecule has 0 spiro atoms. The summed E-state index contributed by atoms with van der Waals surface area (Å²) in [5, 5.41) is 11.4. The van der Waals surface area contributed by atoms with Crippen molar-refractivity contribution in [2.45, 2.75) is 6.42 Å². The summed E-state index contributed by atoms with van der Waals surface area (Å²) < 4.78 is 0. The SMILES string of the molecule is CN(CCc1ccncc1)c1nncc(Nc2ccccc2)n1. The van der Waals surface area contributed by atoms with Crippen molar-refractivity contribution in [1.82, 2.24) is 20.2 Å². The Kier molecular flexibility index (Phi) is 4.73. The maximum absolute atomic E-state index is 4.51. The Morgan fingerprint density at radius 2 is 1.83 bits per heavy atom. The number of hydrogen-bond donors (Lipinski definition) is 1. The second-order valence-corrected chi connectivity index (χ2v) is 5.16. The van der Waals surface area contributed by atoms with E-state index in [1.807, 2.05) is 54.4 Å². The number of nitrogens with one attached hydrogen (secondary N) is 1. The zero-order valence-corrected chi connectivity index (χ0v) is 12.9. The highest BCUT2D eigenvalue weighted by Gasteiger charge is 2.07. The smallest absolute Gasteiger partial charge is 0.247 e. The summed E-state index contributed by atoms with van der Waals surface area (Å²) in [5.41, 5.74) is 2.21. The van der Waals surface area contributed by atoms with E-state index in [0.717, 1.165) is 18.7 Å². The minimum atomic E-state index is 0.597. The first-order valence-electron chi connectivity index (χ1n) is 7.43. The topological polar surface area (TPSA) is 66.8 Å². The molecule has 1 N–H and O–H groups in total. The van der Waals surface area contributed by atoms with E-state index in [1.165, 1.54) is 5.56 Å². The van der Waals surface area contributed by atoms with Crippen LogP contribution in [0.15, 0.2) is 61.1 Å². The van der Waals surface area contributed by atoms with Gasteiger partial charge in [-0.15, -0.1) is 5.10 Å². The van der Waals surface area contributed by atoms with Crippen LogP contribution in [0.25, 0.3) is 0 Å². The highest BCUT2D eigenvalue weighted by atomic mass is 15.3. The van der Waals surface area contributed by atoms with Gasteiger partial charge < -0.3 is 10.2 Å². The molecule has 0 radical (unpaired) electrons. The number of hydrogen-bond acceptors (Lipinski definition) is 6. The minimum absolute atomic E-state index is 0.597. The van der Waals surface area contributed by atoms with Crippen molar-refractivity contribution in [3.05, 3.63) is 66.6 Å². The molecule has 0 saturated heterocycles. The van der Waals surface area contributed by atoms with Gasteiger partial charge in [-0.25, -0.2) is 0 Å². The molecule has 0 saturated carbocycles. The Morgan fingerprint density at radius 3 is 2.61 bits per heavy atom. The van der Waals surface area contributed by atoms with Crippen molar-refractivity contribution in [2.24, 2.45) is 0 Å². The first-order valence-corrected chi connectivity index (χ1v) is 7.43. The third kappa shape index (κ3) is 4.23. The largest absolute Gasteiger partial charge is 0.342 e. The van der Waals surface area contributed by atoms with E-state index >= 15 is 0 Å². The van der Waals surface area contributed by atoms with Gasteiger partial charge in [0.05, 0.1) is 6.20 Å². The molecule has 3 rings (SSSR count). The molecular formula is C17H18N6. The van der Waals surface area contributed by atoms with E-state index in [-0.39, 0.29) is 0 Å². The van der Waals surface area contributed by atoms with Crippen molar-refractivity contribution in [3.63, 3.8) is 0 Å². The molecule has 116 valence electrons. The standard InChI is InChI=1S/C17H18N6/c1-23(12-9-14-7-10-18-11-8-14)17-21-16(13-19-22-17)20-15-5-3-2-4-6-15/h2-8,10-11,13H,9,12H2,1H3,(H,20,21,22). The number of para-hydroxylation sites is 1. The van der Waals surface area contributed by atoms with E-state index in [4.69, 9.17) is 0 Å². The maximum atomic E-state index is 4.51. The van der Waals surface area contributed by atoms with Crippen LogP contribution < -0.4 is 10.2 Å². The van der Waals surface area contributed by atoms with Crippen molar-refractivity contribution >= 4 is 17.5 Å². The number of nitrogens with zero attached hydrogens (tertiary/aromatic N) is 5. The molecule has 6 nitrogen and oxygen atoms in total. The van der Waals surface area contributed by atoms with Crippen LogP contribution in [0.5, 0.6) is 0 Å². The van der Waals surface area contributed by atoms with Gasteiger partial charge in [-0.2, -0.15) is 10.1 Å². The molecule has 0 bridgehead atoms. The van der Waals surface area contributed by atoms with Crippen molar-refractivity contribution in [2.75, 3.05) is 23.8 Å². The molecular weight excluding hydrogens is 288 g/mol. The van der Waals surface area contributed by atoms with E-state index in [2.05, 4.69) is 25.5 Å². The summed E-state index contributed by atoms with van der Waals surface area (Å²) >= 11 is 0. The summed E-state index contributed by atoms with van der Waals surface area (Å²) in [6.07, 6.45) is 6.13. The van der Waals surface area contributed by atoms with E-state index < -0.39 is 0 Å². The summed E-state index contributed by atoms with van der Waals surface area (Å²) in [6, 6.07) is 13.9. The minimum Gasteiger partial charge on any atom is -0.342 e. The lowest BCUT2D eigenvalue weighted by atomic mass is 10.2. The molecule has 0 fully saturated rings. The Balaban J connectivity index is 1.64. The van der Waals surface area contributed by atoms with Crippen LogP contribution in [0.1, 0.15) is 5.56 Å². The van der Waals surface area contributed by atoms with Crippen LogP contribution in [0, 0.1) is 0 Å². The fourth-order valence-corrected chi connectivity index (χ4v) is 2.13. The first-order chi connectivity index (χ1) is 11.3. The van der Waals surface area contributed by atoms with Gasteiger partial charge in [-0.3, -0.25) is 4.98 Å². The molecule has 23 heavy (non-hydrogen) atoms. The number of benzene rings is 1. The van der Waals surface area contributed by atoms with Gasteiger partial charge in [0, 0.05) is 31.7 Å². The summed E-state index contributed by atoms with van der Waals surface area (Å²) in [7, 11) is 1.96. The Morgan fingerprint density at radius 1 is 1.04 bits per heavy atom. The molecule has 0 aliphatic carbocycles. The molecule has 6 heteroatoms. The Hall–Kier alpha value is -3.02. The van der Waals surface area contributed by atoms with Crippen LogP contribution in [-0.4, -0.2) is 33.8 Å². The van der Waals surface area contributed by atoms with Crippen molar-refractivity contribution < 1.29 is 0 Å². The predicted molar refractivity (Wildman–Crippen MR) is 90.8 cm³/mol. The van der Waals surface area contributed by atoms with Gasteiger partial charge in [0.1, 0.15) is 0 Å². The highest BCUT2D eigenvalue weighted by Crippen LogP contribution is 2.14. The zero-order chi connectivity index (χ0) is 15.9. The lowest BCUT2D eigenvalue weighted by Crippen LogP contribution is -2.23. The Labute approximate surface area is 135 Å². The predicted octanol–water partition coefficient (Wildman–Crippen LogP) is 2.69. The van der Waals surface area contributed by atoms with Gasteiger partial charge in [0.15, 0.2) is 5.82 Å². The summed E-state index contributed by atoms with van der Waals surface area (Å²) in [6.45, 7) is 0.806. The van der Waals surface area contributed by atoms with Gasteiger partial charge in [-0.1, -0.05) is 18.2 Å². The highest BCUT2D eigenvalue weighted by molar-refractivity contribution is 5.55. The van der Waals surface area contributed by atoms with Crippen LogP contribution in [0.4, 0.5) is 17.5 Å². The maximum Gasteiger partial charge on any atom is 0.247 e. The molecule has 0 unspecified atom stereocenters. The first kappa shape index (κ1) is 14.9. The normalized spacial score (nSPS) is 10.3. The molecule has 3 aromatic rings. The second-order valence-electron chi connectivity index (χ2n) is 5.16. The van der Waals surface area contributed by atoms with Crippen molar-refractivity contribution in [1.29, 1.82) is 0 Å². The van der Waals surface area contributed by atoms with Gasteiger partial charge in [-0.05, 0) is 36.2 Å². The van der Waals surface area contributed by atoms with Crippen molar-refractivity contribution in [3.8, 4) is 0 Å². The van der Waals surface area contributed by atoms with Crippen LogP contribution in [0.2, 0.25) is 0 Å². The molecule has 2 heterocycles. The monoisotopic (exact) mass is 306 g/mol. The van der Waals surface area contributed by atoms with E-state index in [1.54, 1.807) is 18.6 Å². The average Bonchev–Trinajstić information content (AvgIpc) is 2.62. The molecule has 0 aliphatic heterocycles. The molecule has 0 atom stereocenters. The molecule has 2 aromatic heterocycles. The quantitative estimate of drug-likeness (QED) is 0.755. The fourth-order valence-electron chi connectivity index (χ4n) is 2.13. The number of anilines is 3. The zero-order valence-electron chi connectivity index (χ0n) is 12.9. The van der Waals surface area contributed by atoms with E-state index in [9.17, 15) is 0 Å². The lowest BCUT2D eigenvalue weighted by molar-refractivity contribution is 0.812. The Bertz CT molecular complexity index is 732. The van der Waals surface area contributed by atoms with Gasteiger partial charge in [0.25, 0.3) is 0 Å². The second kappa shape index (κ2) is 7.31. The van der Waals surface area contributed by atoms with Gasteiger partial charge >= 0.3 is 0 Å². The molecule has 0 amide bonds. The van der Waals surface area contributed by atoms with E-state index in [0.29, 0.717) is 11.8 Å². The summed E-state index contributed by atoms with van der Waals surface area (Å²) in [5.74, 6) is 1.27.